The van der Waals surface area contributed by atoms with Gasteiger partial charge >= 0.3 is 24.0 Å². The molecule has 12 nitrogen and oxygen atoms in total. The summed E-state index contributed by atoms with van der Waals surface area (Å²) in [5, 5.41) is 15.9. The van der Waals surface area contributed by atoms with E-state index in [0.29, 0.717) is 37.7 Å². The van der Waals surface area contributed by atoms with Gasteiger partial charge in [0.15, 0.2) is 11.9 Å². The van der Waals surface area contributed by atoms with E-state index >= 15 is 0 Å². The number of epoxide rings is 1. The molecule has 292 valence electrons. The van der Waals surface area contributed by atoms with Crippen molar-refractivity contribution >= 4 is 29.8 Å². The highest BCUT2D eigenvalue weighted by atomic mass is 16.7. The SMILES string of the molecule is CC(=O)O[C@H]1C=C([C@H](C)[C@H]2CC(C)=C(C)C(=O)O2)[C@@]2(C)CC[C@H]3[C@@H](C[C@H]4O[C@]45[C@@H](OC(=O)C(CC(C)C)NC(=O)OC(C)(C)C)C=CC(=O)[C@]35C)[C@]12O. The summed E-state index contributed by atoms with van der Waals surface area (Å²) in [7, 11) is 0. The number of hydrogen-bond acceptors (Lipinski definition) is 11. The van der Waals surface area contributed by atoms with Crippen LogP contribution in [0.15, 0.2) is 34.9 Å². The van der Waals surface area contributed by atoms with Crippen LogP contribution in [0.2, 0.25) is 0 Å². The first kappa shape index (κ1) is 39.2. The average molecular weight is 740 g/mol. The first-order chi connectivity index (χ1) is 24.5. The molecule has 12 heteroatoms. The topological polar surface area (TPSA) is 167 Å². The Kier molecular flexibility index (Phi) is 9.66. The number of rotatable bonds is 8. The first-order valence-electron chi connectivity index (χ1n) is 19.1. The number of allylic oxidation sites excluding steroid dienone is 1. The van der Waals surface area contributed by atoms with Crippen LogP contribution in [0.5, 0.6) is 0 Å². The molecule has 0 aromatic carbocycles. The highest BCUT2D eigenvalue weighted by Gasteiger charge is 2.83. The molecule has 1 unspecified atom stereocenters. The summed E-state index contributed by atoms with van der Waals surface area (Å²) in [6, 6.07) is -0.996. The normalized spacial score (nSPS) is 39.8. The van der Waals surface area contributed by atoms with E-state index in [4.69, 9.17) is 23.7 Å². The van der Waals surface area contributed by atoms with Crippen molar-refractivity contribution in [2.24, 2.45) is 34.5 Å². The molecular weight excluding hydrogens is 682 g/mol. The number of hydrogen-bond donors (Lipinski definition) is 2. The first-order valence-corrected chi connectivity index (χ1v) is 19.1. The Morgan fingerprint density at radius 3 is 2.34 bits per heavy atom. The molecule has 1 saturated heterocycles. The molecule has 2 heterocycles. The van der Waals surface area contributed by atoms with Crippen LogP contribution < -0.4 is 5.32 Å². The lowest BCUT2D eigenvalue weighted by molar-refractivity contribution is -0.225. The van der Waals surface area contributed by atoms with Crippen LogP contribution in [0.1, 0.15) is 108 Å². The molecular formula is C41H57NO11. The van der Waals surface area contributed by atoms with Crippen LogP contribution in [0.3, 0.4) is 0 Å². The van der Waals surface area contributed by atoms with Crippen LogP contribution in [0.25, 0.3) is 0 Å². The largest absolute Gasteiger partial charge is 0.458 e. The van der Waals surface area contributed by atoms with E-state index in [0.717, 1.165) is 11.1 Å². The van der Waals surface area contributed by atoms with Crippen molar-refractivity contribution in [3.8, 4) is 0 Å². The number of fused-ring (bicyclic) bond motifs is 4. The van der Waals surface area contributed by atoms with Gasteiger partial charge in [-0.05, 0) is 103 Å². The van der Waals surface area contributed by atoms with E-state index in [1.165, 1.54) is 13.0 Å². The molecule has 2 saturated carbocycles. The van der Waals surface area contributed by atoms with Crippen LogP contribution in [-0.2, 0) is 42.9 Å². The number of carbonyl (C=O) groups is 5. The summed E-state index contributed by atoms with van der Waals surface area (Å²) in [6.45, 7) is 19.9. The molecule has 4 aliphatic carbocycles. The van der Waals surface area contributed by atoms with Gasteiger partial charge in [-0.15, -0.1) is 0 Å². The smallest absolute Gasteiger partial charge is 0.408 e. The third kappa shape index (κ3) is 6.06. The quantitative estimate of drug-likeness (QED) is 0.141. The molecule has 1 spiro atoms. The minimum absolute atomic E-state index is 0.0413. The zero-order valence-electron chi connectivity index (χ0n) is 33.0. The standard InChI is InChI=1S/C41H57NO11/c1-20(2)16-28(42-36(47)53-37(7,8)9)35(46)51-31-13-12-30(44)39(11)25-14-15-38(10)26(23(5)29-17-21(3)22(4)34(45)50-29)18-32(49-24(6)43)40(38,48)27(25)19-33-41(31,39)52-33/h12-13,18,20,23,25,27-29,31-33,48H,14-17,19H2,1-11H3,(H,42,47)/t23-,25-,27+,28?,29+,31-,32-,33+,38+,39-,40-,41+/m0/s1. The molecule has 0 radical (unpaired) electrons. The van der Waals surface area contributed by atoms with Crippen LogP contribution in [0, 0.1) is 34.5 Å². The fourth-order valence-corrected chi connectivity index (χ4v) is 10.6. The van der Waals surface area contributed by atoms with Crippen LogP contribution in [0.4, 0.5) is 4.79 Å². The molecule has 6 aliphatic rings. The van der Waals surface area contributed by atoms with Crippen molar-refractivity contribution in [2.45, 2.75) is 156 Å². The van der Waals surface area contributed by atoms with E-state index in [9.17, 15) is 29.1 Å². The Labute approximate surface area is 312 Å². The molecule has 3 fully saturated rings. The maximum absolute atomic E-state index is 14.2. The lowest BCUT2D eigenvalue weighted by atomic mass is 9.42. The van der Waals surface area contributed by atoms with Crippen molar-refractivity contribution in [3.63, 3.8) is 0 Å². The number of ether oxygens (including phenoxy) is 5. The molecule has 6 rings (SSSR count). The molecule has 0 aromatic rings. The number of ketones is 1. The third-order valence-electron chi connectivity index (χ3n) is 13.4. The third-order valence-corrected chi connectivity index (χ3v) is 13.4. The zero-order valence-corrected chi connectivity index (χ0v) is 33.0. The number of alkyl carbamates (subject to hydrolysis) is 1. The molecule has 0 aromatic heterocycles. The minimum atomic E-state index is -1.61. The molecule has 0 bridgehead atoms. The van der Waals surface area contributed by atoms with Crippen LogP contribution >= 0.6 is 0 Å². The summed E-state index contributed by atoms with van der Waals surface area (Å²) in [6.07, 6.45) is 3.37. The van der Waals surface area contributed by atoms with Crippen molar-refractivity contribution in [3.05, 3.63) is 34.9 Å². The Bertz CT molecular complexity index is 1690. The maximum Gasteiger partial charge on any atom is 0.408 e. The van der Waals surface area contributed by atoms with E-state index in [-0.39, 0.29) is 23.6 Å². The second-order valence-electron chi connectivity index (χ2n) is 18.1. The number of cyclic esters (lactones) is 1. The fourth-order valence-electron chi connectivity index (χ4n) is 10.6. The predicted molar refractivity (Wildman–Crippen MR) is 192 cm³/mol. The average Bonchev–Trinajstić information content (AvgIpc) is 3.73. The van der Waals surface area contributed by atoms with Crippen molar-refractivity contribution in [1.29, 1.82) is 0 Å². The highest BCUT2D eigenvalue weighted by molar-refractivity contribution is 5.98. The Morgan fingerprint density at radius 1 is 1.06 bits per heavy atom. The molecule has 2 N–H and O–H groups in total. The summed E-state index contributed by atoms with van der Waals surface area (Å²) < 4.78 is 30.0. The van der Waals surface area contributed by atoms with Gasteiger partial charge in [-0.3, -0.25) is 9.59 Å². The molecule has 53 heavy (non-hydrogen) atoms. The predicted octanol–water partition coefficient (Wildman–Crippen LogP) is 5.45. The summed E-state index contributed by atoms with van der Waals surface area (Å²) in [4.78, 5) is 66.1. The fraction of sp³-hybridized carbons (Fsp3) is 0.732. The zero-order chi connectivity index (χ0) is 39.2. The molecule has 2 aliphatic heterocycles. The maximum atomic E-state index is 14.2. The lowest BCUT2D eigenvalue weighted by Gasteiger charge is -2.61. The van der Waals surface area contributed by atoms with Gasteiger partial charge in [-0.2, -0.15) is 0 Å². The summed E-state index contributed by atoms with van der Waals surface area (Å²) in [5.74, 6) is -2.96. The van der Waals surface area contributed by atoms with E-state index in [2.05, 4.69) is 5.32 Å². The number of carbonyl (C=O) groups excluding carboxylic acids is 5. The minimum Gasteiger partial charge on any atom is -0.458 e. The summed E-state index contributed by atoms with van der Waals surface area (Å²) >= 11 is 0. The van der Waals surface area contributed by atoms with Gasteiger partial charge in [-0.1, -0.05) is 38.8 Å². The van der Waals surface area contributed by atoms with Crippen molar-refractivity contribution < 1.29 is 52.8 Å². The lowest BCUT2D eigenvalue weighted by Crippen LogP contribution is -2.70. The highest BCUT2D eigenvalue weighted by Crippen LogP contribution is 2.74. The van der Waals surface area contributed by atoms with Gasteiger partial charge in [0, 0.05) is 30.3 Å². The van der Waals surface area contributed by atoms with Gasteiger partial charge in [0.05, 0.1) is 11.5 Å². The second kappa shape index (κ2) is 13.1. The van der Waals surface area contributed by atoms with Crippen molar-refractivity contribution in [1.82, 2.24) is 5.32 Å². The van der Waals surface area contributed by atoms with E-state index in [1.807, 2.05) is 47.6 Å². The molecule has 1 amide bonds. The van der Waals surface area contributed by atoms with E-state index < -0.39 is 88.0 Å². The Morgan fingerprint density at radius 2 is 1.74 bits per heavy atom. The van der Waals surface area contributed by atoms with Gasteiger partial charge in [0.25, 0.3) is 0 Å². The second-order valence-corrected chi connectivity index (χ2v) is 18.1. The number of amides is 1. The number of nitrogens with one attached hydrogen (secondary N) is 1. The Balaban J connectivity index is 1.30. The van der Waals surface area contributed by atoms with E-state index in [1.54, 1.807) is 33.8 Å². The molecule has 12 atom stereocenters. The summed E-state index contributed by atoms with van der Waals surface area (Å²) in [5.41, 5.74) is -3.22. The van der Waals surface area contributed by atoms with Gasteiger partial charge < -0.3 is 34.1 Å². The van der Waals surface area contributed by atoms with Gasteiger partial charge in [-0.25, -0.2) is 14.4 Å². The number of aliphatic hydroxyl groups is 1. The number of esters is 3. The van der Waals surface area contributed by atoms with Gasteiger partial charge in [0.1, 0.15) is 35.1 Å². The van der Waals surface area contributed by atoms with Crippen molar-refractivity contribution in [2.75, 3.05) is 0 Å². The van der Waals surface area contributed by atoms with Gasteiger partial charge in [0.2, 0.25) is 0 Å². The Hall–Kier alpha value is -3.51. The monoisotopic (exact) mass is 739 g/mol. The van der Waals surface area contributed by atoms with Crippen LogP contribution in [-0.4, -0.2) is 82.2 Å².